The van der Waals surface area contributed by atoms with Crippen LogP contribution in [0.5, 0.6) is 0 Å². The minimum atomic E-state index is 0.913. The quantitative estimate of drug-likeness (QED) is 0.826. The Morgan fingerprint density at radius 1 is 1.29 bits per heavy atom. The molecule has 1 aliphatic heterocycles. The monoisotopic (exact) mass is 227 g/mol. The van der Waals surface area contributed by atoms with Crippen molar-refractivity contribution < 1.29 is 0 Å². The summed E-state index contributed by atoms with van der Waals surface area (Å²) in [5, 5.41) is 11.0. The lowest BCUT2D eigenvalue weighted by Crippen LogP contribution is -2.23. The summed E-state index contributed by atoms with van der Waals surface area (Å²) in [5.41, 5.74) is 6.45. The molecule has 0 aliphatic carbocycles. The molecule has 1 aromatic carbocycles. The molecule has 88 valence electrons. The van der Waals surface area contributed by atoms with E-state index in [0.717, 1.165) is 31.6 Å². The third-order valence-electron chi connectivity index (χ3n) is 3.46. The maximum absolute atomic E-state index is 4.51. The summed E-state index contributed by atoms with van der Waals surface area (Å²) >= 11 is 0. The van der Waals surface area contributed by atoms with Crippen LogP contribution in [-0.2, 0) is 19.4 Å². The topological polar surface area (TPSA) is 40.7 Å². The van der Waals surface area contributed by atoms with Gasteiger partial charge in [0.1, 0.15) is 0 Å². The van der Waals surface area contributed by atoms with Gasteiger partial charge in [-0.25, -0.2) is 0 Å². The SMILES string of the molecule is CCc1ccccc1-c1n[nH]c2c1CCNC2. The normalized spacial score (nSPS) is 14.6. The van der Waals surface area contributed by atoms with E-state index >= 15 is 0 Å². The Hall–Kier alpha value is -1.61. The predicted molar refractivity (Wildman–Crippen MR) is 68.8 cm³/mol. The first-order valence-electron chi connectivity index (χ1n) is 6.25. The largest absolute Gasteiger partial charge is 0.311 e. The first kappa shape index (κ1) is 10.5. The van der Waals surface area contributed by atoms with Crippen molar-refractivity contribution in [3.8, 4) is 11.3 Å². The van der Waals surface area contributed by atoms with Crippen molar-refractivity contribution in [2.24, 2.45) is 0 Å². The number of aromatic nitrogens is 2. The molecule has 2 N–H and O–H groups in total. The summed E-state index contributed by atoms with van der Waals surface area (Å²) in [4.78, 5) is 0. The van der Waals surface area contributed by atoms with E-state index in [4.69, 9.17) is 0 Å². The van der Waals surface area contributed by atoms with Crippen molar-refractivity contribution >= 4 is 0 Å². The number of H-pyrrole nitrogens is 1. The van der Waals surface area contributed by atoms with Crippen LogP contribution >= 0.6 is 0 Å². The summed E-state index contributed by atoms with van der Waals surface area (Å²) in [5.74, 6) is 0. The summed E-state index contributed by atoms with van der Waals surface area (Å²) in [6, 6.07) is 8.56. The van der Waals surface area contributed by atoms with E-state index in [0.29, 0.717) is 0 Å². The van der Waals surface area contributed by atoms with Gasteiger partial charge in [0, 0.05) is 17.7 Å². The smallest absolute Gasteiger partial charge is 0.0959 e. The van der Waals surface area contributed by atoms with Crippen LogP contribution in [0, 0.1) is 0 Å². The zero-order valence-electron chi connectivity index (χ0n) is 10.1. The second-order valence-corrected chi connectivity index (χ2v) is 4.47. The molecule has 0 unspecified atom stereocenters. The van der Waals surface area contributed by atoms with Crippen LogP contribution in [0.1, 0.15) is 23.7 Å². The Bertz CT molecular complexity index is 528. The zero-order valence-corrected chi connectivity index (χ0v) is 10.1. The van der Waals surface area contributed by atoms with Gasteiger partial charge < -0.3 is 5.32 Å². The second kappa shape index (κ2) is 4.34. The van der Waals surface area contributed by atoms with Crippen molar-refractivity contribution in [2.75, 3.05) is 6.54 Å². The van der Waals surface area contributed by atoms with Crippen LogP contribution in [0.3, 0.4) is 0 Å². The Kier molecular flexibility index (Phi) is 2.69. The average Bonchev–Trinajstić information content (AvgIpc) is 2.82. The number of benzene rings is 1. The van der Waals surface area contributed by atoms with Crippen LogP contribution in [-0.4, -0.2) is 16.7 Å². The molecule has 0 amide bonds. The van der Waals surface area contributed by atoms with Crippen LogP contribution in [0.2, 0.25) is 0 Å². The minimum Gasteiger partial charge on any atom is -0.311 e. The highest BCUT2D eigenvalue weighted by atomic mass is 15.1. The Labute approximate surface area is 101 Å². The second-order valence-electron chi connectivity index (χ2n) is 4.47. The third-order valence-corrected chi connectivity index (χ3v) is 3.46. The lowest BCUT2D eigenvalue weighted by molar-refractivity contribution is 0.633. The van der Waals surface area contributed by atoms with Crippen LogP contribution in [0.4, 0.5) is 0 Å². The number of rotatable bonds is 2. The molecular weight excluding hydrogens is 210 g/mol. The van der Waals surface area contributed by atoms with E-state index in [-0.39, 0.29) is 0 Å². The Balaban J connectivity index is 2.12. The molecule has 2 aromatic rings. The molecule has 17 heavy (non-hydrogen) atoms. The van der Waals surface area contributed by atoms with Gasteiger partial charge in [-0.1, -0.05) is 31.2 Å². The van der Waals surface area contributed by atoms with Crippen molar-refractivity contribution in [1.82, 2.24) is 15.5 Å². The van der Waals surface area contributed by atoms with Gasteiger partial charge in [0.15, 0.2) is 0 Å². The lowest BCUT2D eigenvalue weighted by Gasteiger charge is -2.14. The number of nitrogens with one attached hydrogen (secondary N) is 2. The molecule has 3 heteroatoms. The Morgan fingerprint density at radius 3 is 3.06 bits per heavy atom. The van der Waals surface area contributed by atoms with Crippen LogP contribution in [0.25, 0.3) is 11.3 Å². The maximum atomic E-state index is 4.51. The van der Waals surface area contributed by atoms with E-state index < -0.39 is 0 Å². The average molecular weight is 227 g/mol. The first-order chi connectivity index (χ1) is 8.40. The standard InChI is InChI=1S/C14H17N3/c1-2-10-5-3-4-6-11(10)14-12-7-8-15-9-13(12)16-17-14/h3-6,15H,2,7-9H2,1H3,(H,16,17). The molecular formula is C14H17N3. The molecule has 1 aliphatic rings. The number of aromatic amines is 1. The number of aryl methyl sites for hydroxylation is 1. The molecule has 1 aromatic heterocycles. The van der Waals surface area contributed by atoms with Crippen LogP contribution < -0.4 is 5.32 Å². The molecule has 2 heterocycles. The molecule has 0 atom stereocenters. The Morgan fingerprint density at radius 2 is 2.18 bits per heavy atom. The third kappa shape index (κ3) is 1.76. The fourth-order valence-electron chi connectivity index (χ4n) is 2.53. The minimum absolute atomic E-state index is 0.913. The van der Waals surface area contributed by atoms with Gasteiger partial charge in [-0.05, 0) is 24.9 Å². The van der Waals surface area contributed by atoms with Crippen molar-refractivity contribution in [2.45, 2.75) is 26.3 Å². The van der Waals surface area contributed by atoms with Crippen molar-refractivity contribution in [1.29, 1.82) is 0 Å². The van der Waals surface area contributed by atoms with E-state index in [1.54, 1.807) is 0 Å². The van der Waals surface area contributed by atoms with Crippen molar-refractivity contribution in [3.05, 3.63) is 41.1 Å². The highest BCUT2D eigenvalue weighted by Gasteiger charge is 2.18. The maximum Gasteiger partial charge on any atom is 0.0959 e. The van der Waals surface area contributed by atoms with Gasteiger partial charge in [-0.3, -0.25) is 5.10 Å². The predicted octanol–water partition coefficient (Wildman–Crippen LogP) is 2.28. The van der Waals surface area contributed by atoms with Gasteiger partial charge in [0.05, 0.1) is 11.4 Å². The van der Waals surface area contributed by atoms with Gasteiger partial charge >= 0.3 is 0 Å². The number of fused-ring (bicyclic) bond motifs is 1. The van der Waals surface area contributed by atoms with Gasteiger partial charge in [-0.15, -0.1) is 0 Å². The fourth-order valence-corrected chi connectivity index (χ4v) is 2.53. The molecule has 0 saturated carbocycles. The number of nitrogens with zero attached hydrogens (tertiary/aromatic N) is 1. The fraction of sp³-hybridized carbons (Fsp3) is 0.357. The van der Waals surface area contributed by atoms with E-state index in [1.165, 1.54) is 22.4 Å². The molecule has 3 rings (SSSR count). The van der Waals surface area contributed by atoms with E-state index in [2.05, 4.69) is 46.7 Å². The van der Waals surface area contributed by atoms with E-state index in [1.807, 2.05) is 0 Å². The molecule has 0 fully saturated rings. The highest BCUT2D eigenvalue weighted by molar-refractivity contribution is 5.68. The molecule has 0 saturated heterocycles. The highest BCUT2D eigenvalue weighted by Crippen LogP contribution is 2.28. The van der Waals surface area contributed by atoms with E-state index in [9.17, 15) is 0 Å². The first-order valence-corrected chi connectivity index (χ1v) is 6.25. The summed E-state index contributed by atoms with van der Waals surface area (Å²) in [6.07, 6.45) is 2.12. The summed E-state index contributed by atoms with van der Waals surface area (Å²) in [6.45, 7) is 4.16. The summed E-state index contributed by atoms with van der Waals surface area (Å²) in [7, 11) is 0. The van der Waals surface area contributed by atoms with Gasteiger partial charge in [0.2, 0.25) is 0 Å². The van der Waals surface area contributed by atoms with Gasteiger partial charge in [0.25, 0.3) is 0 Å². The van der Waals surface area contributed by atoms with Crippen LogP contribution in [0.15, 0.2) is 24.3 Å². The molecule has 0 radical (unpaired) electrons. The van der Waals surface area contributed by atoms with Crippen molar-refractivity contribution in [3.63, 3.8) is 0 Å². The molecule has 3 nitrogen and oxygen atoms in total. The lowest BCUT2D eigenvalue weighted by atomic mass is 9.96. The molecule has 0 bridgehead atoms. The summed E-state index contributed by atoms with van der Waals surface area (Å²) < 4.78 is 0. The zero-order chi connectivity index (χ0) is 11.7. The number of hydrogen-bond donors (Lipinski definition) is 2. The molecule has 0 spiro atoms. The van der Waals surface area contributed by atoms with Gasteiger partial charge in [-0.2, -0.15) is 5.10 Å². The number of hydrogen-bond acceptors (Lipinski definition) is 2.